The molecule has 0 bridgehead atoms. The number of esters is 1. The predicted octanol–water partition coefficient (Wildman–Crippen LogP) is 1.41. The molecule has 5 heteroatoms. The molecule has 0 heterocycles. The van der Waals surface area contributed by atoms with Gasteiger partial charge in [-0.05, 0) is 37.2 Å². The van der Waals surface area contributed by atoms with E-state index in [0.717, 1.165) is 24.3 Å². The largest absolute Gasteiger partial charge is 0.468 e. The van der Waals surface area contributed by atoms with Crippen molar-refractivity contribution in [3.63, 3.8) is 0 Å². The van der Waals surface area contributed by atoms with E-state index in [1.807, 2.05) is 18.7 Å². The van der Waals surface area contributed by atoms with Gasteiger partial charge in [0.05, 0.1) is 7.11 Å². The fourth-order valence-electron chi connectivity index (χ4n) is 1.37. The molecule has 102 valence electrons. The van der Waals surface area contributed by atoms with E-state index in [1.54, 1.807) is 6.92 Å². The fraction of sp³-hybridized carbons (Fsp3) is 0.917. The smallest absolute Gasteiger partial charge is 0.325 e. The van der Waals surface area contributed by atoms with Crippen LogP contribution in [0.1, 0.15) is 33.1 Å². The molecule has 0 saturated carbocycles. The van der Waals surface area contributed by atoms with Crippen LogP contribution in [0.4, 0.5) is 0 Å². The highest BCUT2D eigenvalue weighted by atomic mass is 32.2. The molecule has 0 rings (SSSR count). The summed E-state index contributed by atoms with van der Waals surface area (Å²) in [5.41, 5.74) is 4.98. The third-order valence-corrected chi connectivity index (χ3v) is 3.98. The van der Waals surface area contributed by atoms with Crippen LogP contribution in [0.15, 0.2) is 0 Å². The SMILES string of the molecule is COC(=O)C(C)(N)CCCCSCC(C)CO. The van der Waals surface area contributed by atoms with Crippen LogP contribution in [0.5, 0.6) is 0 Å². The summed E-state index contributed by atoms with van der Waals surface area (Å²) in [5, 5.41) is 8.85. The number of rotatable bonds is 9. The number of nitrogens with two attached hydrogens (primary N) is 1. The van der Waals surface area contributed by atoms with Crippen molar-refractivity contribution < 1.29 is 14.6 Å². The maximum Gasteiger partial charge on any atom is 0.325 e. The van der Waals surface area contributed by atoms with Gasteiger partial charge in [0, 0.05) is 6.61 Å². The summed E-state index contributed by atoms with van der Waals surface area (Å²) < 4.78 is 4.64. The first-order chi connectivity index (χ1) is 7.94. The second-order valence-corrected chi connectivity index (χ2v) is 5.88. The van der Waals surface area contributed by atoms with Gasteiger partial charge in [-0.1, -0.05) is 13.3 Å². The zero-order valence-corrected chi connectivity index (χ0v) is 11.9. The van der Waals surface area contributed by atoms with Crippen LogP contribution in [0.3, 0.4) is 0 Å². The van der Waals surface area contributed by atoms with Crippen molar-refractivity contribution in [1.82, 2.24) is 0 Å². The summed E-state index contributed by atoms with van der Waals surface area (Å²) >= 11 is 1.83. The van der Waals surface area contributed by atoms with Crippen LogP contribution < -0.4 is 5.73 Å². The van der Waals surface area contributed by atoms with Crippen molar-refractivity contribution in [2.24, 2.45) is 11.7 Å². The molecule has 0 fully saturated rings. The molecule has 0 aliphatic heterocycles. The van der Waals surface area contributed by atoms with Crippen molar-refractivity contribution >= 4 is 17.7 Å². The third-order valence-electron chi connectivity index (χ3n) is 2.60. The van der Waals surface area contributed by atoms with E-state index in [4.69, 9.17) is 10.8 Å². The number of carbonyl (C=O) groups excluding carboxylic acids is 1. The maximum absolute atomic E-state index is 11.3. The van der Waals surface area contributed by atoms with E-state index in [2.05, 4.69) is 4.74 Å². The van der Waals surface area contributed by atoms with E-state index in [1.165, 1.54) is 7.11 Å². The monoisotopic (exact) mass is 263 g/mol. The Morgan fingerprint density at radius 1 is 1.53 bits per heavy atom. The summed E-state index contributed by atoms with van der Waals surface area (Å²) in [6, 6.07) is 0. The van der Waals surface area contributed by atoms with Crippen LogP contribution in [-0.4, -0.2) is 41.8 Å². The van der Waals surface area contributed by atoms with Crippen LogP contribution in [0.25, 0.3) is 0 Å². The molecule has 4 nitrogen and oxygen atoms in total. The molecule has 0 aliphatic carbocycles. The number of aliphatic hydroxyl groups excluding tert-OH is 1. The standard InChI is InChI=1S/C12H25NO3S/c1-10(8-14)9-17-7-5-4-6-12(2,13)11(15)16-3/h10,14H,4-9,13H2,1-3H3. The lowest BCUT2D eigenvalue weighted by Crippen LogP contribution is -2.45. The van der Waals surface area contributed by atoms with E-state index in [0.29, 0.717) is 12.3 Å². The number of hydrogen-bond donors (Lipinski definition) is 2. The van der Waals surface area contributed by atoms with Gasteiger partial charge in [-0.15, -0.1) is 0 Å². The molecule has 0 aromatic rings. The van der Waals surface area contributed by atoms with Gasteiger partial charge in [-0.25, -0.2) is 0 Å². The Morgan fingerprint density at radius 2 is 2.18 bits per heavy atom. The molecule has 17 heavy (non-hydrogen) atoms. The number of carbonyl (C=O) groups is 1. The molecule has 0 aromatic heterocycles. The molecule has 2 unspecified atom stereocenters. The van der Waals surface area contributed by atoms with Crippen LogP contribution >= 0.6 is 11.8 Å². The topological polar surface area (TPSA) is 72.5 Å². The Hall–Kier alpha value is -0.260. The van der Waals surface area contributed by atoms with Crippen molar-refractivity contribution in [2.75, 3.05) is 25.2 Å². The van der Waals surface area contributed by atoms with Gasteiger partial charge in [-0.2, -0.15) is 11.8 Å². The van der Waals surface area contributed by atoms with Crippen LogP contribution in [-0.2, 0) is 9.53 Å². The van der Waals surface area contributed by atoms with E-state index >= 15 is 0 Å². The summed E-state index contributed by atoms with van der Waals surface area (Å²) in [7, 11) is 1.36. The lowest BCUT2D eigenvalue weighted by molar-refractivity contribution is -0.146. The first-order valence-electron chi connectivity index (χ1n) is 6.00. The van der Waals surface area contributed by atoms with E-state index < -0.39 is 5.54 Å². The number of methoxy groups -OCH3 is 1. The van der Waals surface area contributed by atoms with Crippen molar-refractivity contribution in [3.8, 4) is 0 Å². The summed E-state index contributed by atoms with van der Waals surface area (Å²) in [6.45, 7) is 3.98. The minimum atomic E-state index is -0.863. The Morgan fingerprint density at radius 3 is 2.71 bits per heavy atom. The molecule has 0 saturated heterocycles. The quantitative estimate of drug-likeness (QED) is 0.486. The molecular formula is C12H25NO3S. The van der Waals surface area contributed by atoms with E-state index in [-0.39, 0.29) is 12.6 Å². The molecule has 3 N–H and O–H groups in total. The normalized spacial score (nSPS) is 16.3. The summed E-state index contributed by atoms with van der Waals surface area (Å²) in [4.78, 5) is 11.3. The Labute approximate surface area is 108 Å². The van der Waals surface area contributed by atoms with E-state index in [9.17, 15) is 4.79 Å². The second kappa shape index (κ2) is 8.78. The van der Waals surface area contributed by atoms with Gasteiger partial charge < -0.3 is 15.6 Å². The molecule has 2 atom stereocenters. The highest BCUT2D eigenvalue weighted by Gasteiger charge is 2.28. The number of thioether (sulfide) groups is 1. The Balaban J connectivity index is 3.54. The fourth-order valence-corrected chi connectivity index (χ4v) is 2.45. The highest BCUT2D eigenvalue weighted by Crippen LogP contribution is 2.15. The van der Waals surface area contributed by atoms with Gasteiger partial charge >= 0.3 is 5.97 Å². The number of ether oxygens (including phenoxy) is 1. The minimum absolute atomic E-state index is 0.246. The van der Waals surface area contributed by atoms with Crippen molar-refractivity contribution in [2.45, 2.75) is 38.6 Å². The molecule has 0 amide bonds. The van der Waals surface area contributed by atoms with Gasteiger partial charge in [0.15, 0.2) is 0 Å². The first kappa shape index (κ1) is 16.7. The van der Waals surface area contributed by atoms with Crippen molar-refractivity contribution in [1.29, 1.82) is 0 Å². The molecular weight excluding hydrogens is 238 g/mol. The molecule has 0 aliphatic rings. The van der Waals surface area contributed by atoms with Gasteiger partial charge in [-0.3, -0.25) is 4.79 Å². The Bertz CT molecular complexity index is 222. The third kappa shape index (κ3) is 7.63. The number of hydrogen-bond acceptors (Lipinski definition) is 5. The van der Waals surface area contributed by atoms with Gasteiger partial charge in [0.25, 0.3) is 0 Å². The minimum Gasteiger partial charge on any atom is -0.468 e. The number of aliphatic hydroxyl groups is 1. The average molecular weight is 263 g/mol. The number of unbranched alkanes of at least 4 members (excludes halogenated alkanes) is 1. The maximum atomic E-state index is 11.3. The van der Waals surface area contributed by atoms with Gasteiger partial charge in [0.2, 0.25) is 0 Å². The highest BCUT2D eigenvalue weighted by molar-refractivity contribution is 7.99. The lowest BCUT2D eigenvalue weighted by atomic mass is 9.97. The molecule has 0 aromatic carbocycles. The second-order valence-electron chi connectivity index (χ2n) is 4.73. The summed E-state index contributed by atoms with van der Waals surface area (Å²) in [5.74, 6) is 2.03. The zero-order chi connectivity index (χ0) is 13.3. The zero-order valence-electron chi connectivity index (χ0n) is 11.1. The van der Waals surface area contributed by atoms with Gasteiger partial charge in [0.1, 0.15) is 5.54 Å². The lowest BCUT2D eigenvalue weighted by Gasteiger charge is -2.21. The van der Waals surface area contributed by atoms with Crippen molar-refractivity contribution in [3.05, 3.63) is 0 Å². The van der Waals surface area contributed by atoms with Crippen LogP contribution in [0, 0.1) is 5.92 Å². The summed E-state index contributed by atoms with van der Waals surface area (Å²) in [6.07, 6.45) is 2.60. The Kier molecular flexibility index (Phi) is 8.64. The molecule has 0 spiro atoms. The average Bonchev–Trinajstić information content (AvgIpc) is 2.31. The molecule has 0 radical (unpaired) electrons. The predicted molar refractivity (Wildman–Crippen MR) is 72.0 cm³/mol. The first-order valence-corrected chi connectivity index (χ1v) is 7.15. The van der Waals surface area contributed by atoms with Crippen LogP contribution in [0.2, 0.25) is 0 Å².